The lowest BCUT2D eigenvalue weighted by Gasteiger charge is -2.26. The van der Waals surface area contributed by atoms with E-state index in [1.807, 2.05) is 37.3 Å². The molecule has 1 aliphatic heterocycles. The van der Waals surface area contributed by atoms with Gasteiger partial charge in [0.1, 0.15) is 17.5 Å². The molecule has 0 bridgehead atoms. The first-order valence-corrected chi connectivity index (χ1v) is 8.95. The van der Waals surface area contributed by atoms with Crippen LogP contribution < -0.4 is 10.6 Å². The second-order valence-electron chi connectivity index (χ2n) is 6.01. The van der Waals surface area contributed by atoms with Crippen LogP contribution in [0.5, 0.6) is 0 Å². The fourth-order valence-corrected chi connectivity index (χ4v) is 2.95. The lowest BCUT2D eigenvalue weighted by molar-refractivity contribution is 0.0398. The van der Waals surface area contributed by atoms with Gasteiger partial charge in [-0.15, -0.1) is 0 Å². The number of benzene rings is 1. The SMILES string of the molecule is Cc1nc(NCCN2CCOCC2)cc(NCc2ccccc2Cl)n1. The van der Waals surface area contributed by atoms with Gasteiger partial charge in [-0.05, 0) is 18.6 Å². The second kappa shape index (κ2) is 8.99. The van der Waals surface area contributed by atoms with Crippen molar-refractivity contribution in [1.82, 2.24) is 14.9 Å². The zero-order valence-electron chi connectivity index (χ0n) is 14.5. The number of aryl methyl sites for hydroxylation is 1. The average molecular weight is 362 g/mol. The molecule has 1 aromatic heterocycles. The van der Waals surface area contributed by atoms with Crippen molar-refractivity contribution in [1.29, 1.82) is 0 Å². The van der Waals surface area contributed by atoms with Crippen molar-refractivity contribution in [3.63, 3.8) is 0 Å². The molecule has 6 nitrogen and oxygen atoms in total. The normalized spacial score (nSPS) is 15.1. The van der Waals surface area contributed by atoms with Crippen molar-refractivity contribution in [2.45, 2.75) is 13.5 Å². The van der Waals surface area contributed by atoms with Gasteiger partial charge in [0.15, 0.2) is 0 Å². The number of morpholine rings is 1. The topological polar surface area (TPSA) is 62.3 Å². The van der Waals surface area contributed by atoms with E-state index in [-0.39, 0.29) is 0 Å². The Labute approximate surface area is 153 Å². The highest BCUT2D eigenvalue weighted by atomic mass is 35.5. The Morgan fingerprint density at radius 3 is 2.60 bits per heavy atom. The van der Waals surface area contributed by atoms with Crippen molar-refractivity contribution in [3.8, 4) is 0 Å². The van der Waals surface area contributed by atoms with Crippen molar-refractivity contribution in [3.05, 3.63) is 46.7 Å². The van der Waals surface area contributed by atoms with Gasteiger partial charge in [0.2, 0.25) is 0 Å². The summed E-state index contributed by atoms with van der Waals surface area (Å²) in [5.41, 5.74) is 1.04. The second-order valence-corrected chi connectivity index (χ2v) is 6.42. The highest BCUT2D eigenvalue weighted by molar-refractivity contribution is 6.31. The monoisotopic (exact) mass is 361 g/mol. The van der Waals surface area contributed by atoms with Crippen LogP contribution in [0.25, 0.3) is 0 Å². The summed E-state index contributed by atoms with van der Waals surface area (Å²) in [7, 11) is 0. The van der Waals surface area contributed by atoms with E-state index in [9.17, 15) is 0 Å². The summed E-state index contributed by atoms with van der Waals surface area (Å²) in [6.07, 6.45) is 0. The van der Waals surface area contributed by atoms with Gasteiger partial charge in [0.25, 0.3) is 0 Å². The molecule has 0 amide bonds. The van der Waals surface area contributed by atoms with Crippen molar-refractivity contribution >= 4 is 23.2 Å². The summed E-state index contributed by atoms with van der Waals surface area (Å²) in [6, 6.07) is 9.74. The molecule has 25 heavy (non-hydrogen) atoms. The van der Waals surface area contributed by atoms with E-state index in [1.54, 1.807) is 0 Å². The first kappa shape index (κ1) is 17.9. The Kier molecular flexibility index (Phi) is 6.44. The van der Waals surface area contributed by atoms with E-state index in [4.69, 9.17) is 16.3 Å². The Bertz CT molecular complexity index is 691. The van der Waals surface area contributed by atoms with Gasteiger partial charge in [-0.3, -0.25) is 4.90 Å². The summed E-state index contributed by atoms with van der Waals surface area (Å²) in [6.45, 7) is 7.99. The first-order chi connectivity index (χ1) is 12.2. The molecule has 2 N–H and O–H groups in total. The summed E-state index contributed by atoms with van der Waals surface area (Å²) in [5.74, 6) is 2.36. The van der Waals surface area contributed by atoms with Crippen LogP contribution in [0.15, 0.2) is 30.3 Å². The third kappa shape index (κ3) is 5.56. The maximum absolute atomic E-state index is 6.20. The van der Waals surface area contributed by atoms with Crippen molar-refractivity contribution < 1.29 is 4.74 Å². The molecule has 2 aromatic rings. The molecule has 3 rings (SSSR count). The Morgan fingerprint density at radius 1 is 1.12 bits per heavy atom. The summed E-state index contributed by atoms with van der Waals surface area (Å²) < 4.78 is 5.37. The van der Waals surface area contributed by atoms with Crippen LogP contribution in [-0.2, 0) is 11.3 Å². The number of rotatable bonds is 7. The molecule has 1 aliphatic rings. The van der Waals surface area contributed by atoms with Gasteiger partial charge >= 0.3 is 0 Å². The molecule has 1 fully saturated rings. The van der Waals surface area contributed by atoms with Crippen LogP contribution >= 0.6 is 11.6 Å². The standard InChI is InChI=1S/C18H24ClN5O/c1-14-22-17(20-6-7-24-8-10-25-11-9-24)12-18(23-14)21-13-15-4-2-3-5-16(15)19/h2-5,12H,6-11,13H2,1H3,(H2,20,21,22,23). The number of halogens is 1. The van der Waals surface area contributed by atoms with Crippen LogP contribution in [-0.4, -0.2) is 54.3 Å². The first-order valence-electron chi connectivity index (χ1n) is 8.57. The number of ether oxygens (including phenoxy) is 1. The maximum Gasteiger partial charge on any atom is 0.132 e. The van der Waals surface area contributed by atoms with Crippen LogP contribution in [0.1, 0.15) is 11.4 Å². The van der Waals surface area contributed by atoms with E-state index in [0.717, 1.165) is 67.4 Å². The van der Waals surface area contributed by atoms with Crippen LogP contribution in [0.3, 0.4) is 0 Å². The average Bonchev–Trinajstić information content (AvgIpc) is 2.62. The Morgan fingerprint density at radius 2 is 1.84 bits per heavy atom. The Hall–Kier alpha value is -1.89. The van der Waals surface area contributed by atoms with E-state index < -0.39 is 0 Å². The maximum atomic E-state index is 6.20. The Balaban J connectivity index is 1.53. The fraction of sp³-hybridized carbons (Fsp3) is 0.444. The number of aromatic nitrogens is 2. The smallest absolute Gasteiger partial charge is 0.132 e. The van der Waals surface area contributed by atoms with Crippen LogP contribution in [0.4, 0.5) is 11.6 Å². The molecular formula is C18H24ClN5O. The molecule has 134 valence electrons. The van der Waals surface area contributed by atoms with Crippen LogP contribution in [0.2, 0.25) is 5.02 Å². The largest absolute Gasteiger partial charge is 0.379 e. The molecular weight excluding hydrogens is 338 g/mol. The minimum atomic E-state index is 0.628. The lowest BCUT2D eigenvalue weighted by Crippen LogP contribution is -2.39. The highest BCUT2D eigenvalue weighted by Crippen LogP contribution is 2.17. The molecule has 7 heteroatoms. The van der Waals surface area contributed by atoms with Crippen molar-refractivity contribution in [2.24, 2.45) is 0 Å². The number of anilines is 2. The number of hydrogen-bond donors (Lipinski definition) is 2. The number of hydrogen-bond acceptors (Lipinski definition) is 6. The van der Waals surface area contributed by atoms with Gasteiger partial charge in [-0.1, -0.05) is 29.8 Å². The molecule has 0 radical (unpaired) electrons. The van der Waals surface area contributed by atoms with E-state index in [2.05, 4.69) is 25.5 Å². The van der Waals surface area contributed by atoms with Gasteiger partial charge < -0.3 is 15.4 Å². The molecule has 0 unspecified atom stereocenters. The summed E-state index contributed by atoms with van der Waals surface area (Å²) >= 11 is 6.20. The van der Waals surface area contributed by atoms with Gasteiger partial charge in [0.05, 0.1) is 13.2 Å². The third-order valence-electron chi connectivity index (χ3n) is 4.09. The predicted molar refractivity (Wildman–Crippen MR) is 101 cm³/mol. The lowest BCUT2D eigenvalue weighted by atomic mass is 10.2. The molecule has 0 spiro atoms. The molecule has 0 atom stereocenters. The molecule has 0 aliphatic carbocycles. The molecule has 1 aromatic carbocycles. The third-order valence-corrected chi connectivity index (χ3v) is 4.46. The zero-order valence-corrected chi connectivity index (χ0v) is 15.2. The van der Waals surface area contributed by atoms with Gasteiger partial charge in [0, 0.05) is 43.8 Å². The minimum absolute atomic E-state index is 0.628. The molecule has 1 saturated heterocycles. The number of nitrogens with one attached hydrogen (secondary N) is 2. The zero-order chi connectivity index (χ0) is 17.5. The summed E-state index contributed by atoms with van der Waals surface area (Å²) in [4.78, 5) is 11.3. The fourth-order valence-electron chi connectivity index (χ4n) is 2.74. The highest BCUT2D eigenvalue weighted by Gasteiger charge is 2.10. The van der Waals surface area contributed by atoms with Crippen molar-refractivity contribution in [2.75, 3.05) is 50.0 Å². The van der Waals surface area contributed by atoms with Crippen LogP contribution in [0, 0.1) is 6.92 Å². The van der Waals surface area contributed by atoms with Gasteiger partial charge in [-0.25, -0.2) is 9.97 Å². The predicted octanol–water partition coefficient (Wildman–Crippen LogP) is 2.79. The molecule has 0 saturated carbocycles. The quantitative estimate of drug-likeness (QED) is 0.790. The number of nitrogens with zero attached hydrogens (tertiary/aromatic N) is 3. The summed E-state index contributed by atoms with van der Waals surface area (Å²) in [5, 5.41) is 7.46. The van der Waals surface area contributed by atoms with E-state index >= 15 is 0 Å². The molecule has 2 heterocycles. The van der Waals surface area contributed by atoms with Gasteiger partial charge in [-0.2, -0.15) is 0 Å². The van der Waals surface area contributed by atoms with E-state index in [0.29, 0.717) is 6.54 Å². The van der Waals surface area contributed by atoms with E-state index in [1.165, 1.54) is 0 Å². The minimum Gasteiger partial charge on any atom is -0.379 e.